The van der Waals surface area contributed by atoms with Gasteiger partial charge in [-0.3, -0.25) is 9.69 Å². The van der Waals surface area contributed by atoms with Crippen LogP contribution >= 0.6 is 24.0 Å². The van der Waals surface area contributed by atoms with Crippen LogP contribution in [0.3, 0.4) is 0 Å². The summed E-state index contributed by atoms with van der Waals surface area (Å²) in [6.45, 7) is 0.370. The first-order valence-electron chi connectivity index (χ1n) is 9.52. The van der Waals surface area contributed by atoms with E-state index in [0.717, 1.165) is 23.4 Å². The number of thiocarbonyl (C=S) groups is 1. The lowest BCUT2D eigenvalue weighted by atomic mass is 10.1. The first kappa shape index (κ1) is 22.2. The zero-order chi connectivity index (χ0) is 22.9. The van der Waals surface area contributed by atoms with Gasteiger partial charge in [0, 0.05) is 18.2 Å². The summed E-state index contributed by atoms with van der Waals surface area (Å²) >= 11 is 6.43. The Labute approximate surface area is 191 Å². The second kappa shape index (κ2) is 8.84. The monoisotopic (exact) mass is 475 g/mol. The van der Waals surface area contributed by atoms with Crippen LogP contribution in [0.15, 0.2) is 70.0 Å². The Morgan fingerprint density at radius 1 is 1.06 bits per heavy atom. The predicted octanol–water partition coefficient (Wildman–Crippen LogP) is 6.11. The lowest BCUT2D eigenvalue weighted by Gasteiger charge is -2.14. The zero-order valence-electron chi connectivity index (χ0n) is 16.4. The molecule has 4 rings (SSSR count). The number of hydrogen-bond donors (Lipinski definition) is 1. The number of phenolic OH excluding ortho intramolecular Hbond substituents is 1. The van der Waals surface area contributed by atoms with Gasteiger partial charge in [0.25, 0.3) is 5.91 Å². The van der Waals surface area contributed by atoms with E-state index in [-0.39, 0.29) is 28.7 Å². The lowest BCUT2D eigenvalue weighted by molar-refractivity contribution is -0.137. The van der Waals surface area contributed by atoms with Crippen molar-refractivity contribution in [3.63, 3.8) is 0 Å². The maximum Gasteiger partial charge on any atom is 0.417 e. The highest BCUT2D eigenvalue weighted by atomic mass is 32.2. The molecule has 1 fully saturated rings. The van der Waals surface area contributed by atoms with Gasteiger partial charge in [0.2, 0.25) is 0 Å². The molecule has 0 atom stereocenters. The Morgan fingerprint density at radius 3 is 2.50 bits per heavy atom. The first-order chi connectivity index (χ1) is 15.2. The molecule has 2 heterocycles. The van der Waals surface area contributed by atoms with Crippen LogP contribution in [0.25, 0.3) is 17.4 Å². The minimum absolute atomic E-state index is 0.0620. The fraction of sp³-hybridized carbons (Fsp3) is 0.130. The average Bonchev–Trinajstić information content (AvgIpc) is 3.32. The van der Waals surface area contributed by atoms with Gasteiger partial charge in [0.15, 0.2) is 0 Å². The normalized spacial score (nSPS) is 15.7. The molecule has 164 valence electrons. The number of carbonyl (C=O) groups is 1. The summed E-state index contributed by atoms with van der Waals surface area (Å²) in [5.74, 6) is 0.202. The number of amides is 1. The number of hydrogen-bond acceptors (Lipinski definition) is 5. The molecule has 0 saturated carbocycles. The van der Waals surface area contributed by atoms with Gasteiger partial charge in [-0.2, -0.15) is 13.2 Å². The van der Waals surface area contributed by atoms with Gasteiger partial charge in [-0.25, -0.2) is 0 Å². The van der Waals surface area contributed by atoms with Gasteiger partial charge in [0.05, 0.1) is 10.5 Å². The number of halogens is 3. The molecule has 9 heteroatoms. The number of carbonyl (C=O) groups excluding carboxylic acids is 1. The largest absolute Gasteiger partial charge is 0.508 e. The summed E-state index contributed by atoms with van der Waals surface area (Å²) in [6.07, 6.45) is -2.47. The number of nitrogens with zero attached hydrogens (tertiary/aromatic N) is 1. The molecule has 1 aliphatic rings. The topological polar surface area (TPSA) is 53.7 Å². The average molecular weight is 476 g/mol. The molecule has 4 nitrogen and oxygen atoms in total. The van der Waals surface area contributed by atoms with Gasteiger partial charge in [0.1, 0.15) is 21.6 Å². The molecule has 1 aliphatic heterocycles. The second-order valence-corrected chi connectivity index (χ2v) is 8.67. The van der Waals surface area contributed by atoms with Crippen LogP contribution in [-0.2, 0) is 17.4 Å². The van der Waals surface area contributed by atoms with Crippen molar-refractivity contribution in [3.8, 4) is 17.1 Å². The van der Waals surface area contributed by atoms with Crippen molar-refractivity contribution >= 4 is 40.3 Å². The van der Waals surface area contributed by atoms with Crippen LogP contribution in [0, 0.1) is 0 Å². The highest BCUT2D eigenvalue weighted by Gasteiger charge is 2.34. The van der Waals surface area contributed by atoms with Gasteiger partial charge in [-0.05, 0) is 42.3 Å². The molecule has 0 bridgehead atoms. The number of alkyl halides is 3. The number of benzene rings is 2. The van der Waals surface area contributed by atoms with E-state index in [4.69, 9.17) is 16.6 Å². The van der Waals surface area contributed by atoms with E-state index in [2.05, 4.69) is 0 Å². The van der Waals surface area contributed by atoms with Crippen molar-refractivity contribution in [3.05, 3.63) is 82.5 Å². The molecule has 32 heavy (non-hydrogen) atoms. The van der Waals surface area contributed by atoms with E-state index in [0.29, 0.717) is 22.2 Å². The quantitative estimate of drug-likeness (QED) is 0.356. The number of thioether (sulfide) groups is 1. The smallest absolute Gasteiger partial charge is 0.417 e. The molecule has 2 aromatic carbocycles. The molecular formula is C23H16F3NO3S2. The first-order valence-corrected chi connectivity index (χ1v) is 10.7. The fourth-order valence-electron chi connectivity index (χ4n) is 3.25. The Balaban J connectivity index is 1.51. The van der Waals surface area contributed by atoms with Gasteiger partial charge in [-0.15, -0.1) is 0 Å². The Bertz CT molecular complexity index is 1200. The minimum Gasteiger partial charge on any atom is -0.508 e. The van der Waals surface area contributed by atoms with E-state index >= 15 is 0 Å². The van der Waals surface area contributed by atoms with E-state index in [9.17, 15) is 23.1 Å². The standard InChI is InChI=1S/C23H16F3NO3S2/c24-23(25,26)18-4-2-1-3-17(18)19-10-9-16(30-19)13-20-21(29)27(22(31)32-20)12-11-14-5-7-15(28)8-6-14/h1-10,13,28H,11-12H2/b20-13-. The van der Waals surface area contributed by atoms with Crippen molar-refractivity contribution in [1.29, 1.82) is 0 Å². The summed E-state index contributed by atoms with van der Waals surface area (Å²) < 4.78 is 45.9. The van der Waals surface area contributed by atoms with Crippen molar-refractivity contribution in [1.82, 2.24) is 4.90 Å². The van der Waals surface area contributed by atoms with E-state index in [1.54, 1.807) is 24.3 Å². The minimum atomic E-state index is -4.51. The zero-order valence-corrected chi connectivity index (χ0v) is 18.1. The van der Waals surface area contributed by atoms with E-state index in [1.807, 2.05) is 0 Å². The van der Waals surface area contributed by atoms with Crippen LogP contribution in [0.4, 0.5) is 13.2 Å². The van der Waals surface area contributed by atoms with Crippen LogP contribution in [0.2, 0.25) is 0 Å². The molecule has 0 aliphatic carbocycles. The summed E-state index contributed by atoms with van der Waals surface area (Å²) in [6, 6.07) is 14.8. The number of furan rings is 1. The number of phenols is 1. The molecule has 1 N–H and O–H groups in total. The van der Waals surface area contributed by atoms with Crippen molar-refractivity contribution in [2.75, 3.05) is 6.54 Å². The molecule has 1 amide bonds. The molecule has 0 radical (unpaired) electrons. The SMILES string of the molecule is O=C1/C(=C/c2ccc(-c3ccccc3C(F)(F)F)o2)SC(=S)N1CCc1ccc(O)cc1. The van der Waals surface area contributed by atoms with Crippen LogP contribution in [-0.4, -0.2) is 26.8 Å². The molecule has 3 aromatic rings. The van der Waals surface area contributed by atoms with E-state index < -0.39 is 11.7 Å². The van der Waals surface area contributed by atoms with Crippen LogP contribution in [0.1, 0.15) is 16.9 Å². The van der Waals surface area contributed by atoms with Crippen LogP contribution in [0.5, 0.6) is 5.75 Å². The third-order valence-electron chi connectivity index (χ3n) is 4.83. The predicted molar refractivity (Wildman–Crippen MR) is 121 cm³/mol. The summed E-state index contributed by atoms with van der Waals surface area (Å²) in [4.78, 5) is 14.6. The summed E-state index contributed by atoms with van der Waals surface area (Å²) in [5, 5.41) is 9.36. The van der Waals surface area contributed by atoms with E-state index in [1.165, 1.54) is 41.3 Å². The van der Waals surface area contributed by atoms with Crippen molar-refractivity contribution < 1.29 is 27.5 Å². The molecule has 0 spiro atoms. The maximum atomic E-state index is 13.3. The van der Waals surface area contributed by atoms with Crippen molar-refractivity contribution in [2.24, 2.45) is 0 Å². The Kier molecular flexibility index (Phi) is 6.12. The number of aromatic hydroxyl groups is 1. The Morgan fingerprint density at radius 2 is 1.78 bits per heavy atom. The molecule has 1 aromatic heterocycles. The summed E-state index contributed by atoms with van der Waals surface area (Å²) in [7, 11) is 0. The number of rotatable bonds is 5. The maximum absolute atomic E-state index is 13.3. The third kappa shape index (κ3) is 4.73. The van der Waals surface area contributed by atoms with Gasteiger partial charge < -0.3 is 9.52 Å². The molecule has 0 unspecified atom stereocenters. The van der Waals surface area contributed by atoms with Crippen molar-refractivity contribution in [2.45, 2.75) is 12.6 Å². The lowest BCUT2D eigenvalue weighted by Crippen LogP contribution is -2.30. The fourth-order valence-corrected chi connectivity index (χ4v) is 4.53. The highest BCUT2D eigenvalue weighted by Crippen LogP contribution is 2.38. The highest BCUT2D eigenvalue weighted by molar-refractivity contribution is 8.26. The van der Waals surface area contributed by atoms with Gasteiger partial charge >= 0.3 is 6.18 Å². The van der Waals surface area contributed by atoms with Gasteiger partial charge in [-0.1, -0.05) is 54.3 Å². The molecular weight excluding hydrogens is 459 g/mol. The third-order valence-corrected chi connectivity index (χ3v) is 6.21. The Hall–Kier alpha value is -3.04. The summed E-state index contributed by atoms with van der Waals surface area (Å²) in [5.41, 5.74) is 0.0855. The molecule has 1 saturated heterocycles. The van der Waals surface area contributed by atoms with Crippen LogP contribution < -0.4 is 0 Å². The second-order valence-electron chi connectivity index (χ2n) is 7.00.